The normalized spacial score (nSPS) is 19.3. The van der Waals surface area contributed by atoms with Crippen molar-refractivity contribution in [3.8, 4) is 22.3 Å². The molecule has 0 spiro atoms. The van der Waals surface area contributed by atoms with Crippen molar-refractivity contribution in [2.75, 3.05) is 0 Å². The second-order valence-corrected chi connectivity index (χ2v) is 8.06. The quantitative estimate of drug-likeness (QED) is 0.410. The molecule has 1 aliphatic rings. The van der Waals surface area contributed by atoms with Crippen molar-refractivity contribution in [1.29, 1.82) is 0 Å². The topological polar surface area (TPSA) is 0 Å². The van der Waals surface area contributed by atoms with Gasteiger partial charge in [-0.1, -0.05) is 56.2 Å². The molecular formula is C27H26F+. The molecule has 1 aliphatic carbocycles. The summed E-state index contributed by atoms with van der Waals surface area (Å²) in [6, 6.07) is 21.8. The van der Waals surface area contributed by atoms with Gasteiger partial charge in [-0.05, 0) is 65.1 Å². The molecule has 0 N–H and O–H groups in total. The molecule has 0 unspecified atom stereocenters. The molecule has 1 heteroatoms. The van der Waals surface area contributed by atoms with Gasteiger partial charge in [-0.15, -0.1) is 0 Å². The van der Waals surface area contributed by atoms with Crippen LogP contribution in [-0.4, -0.2) is 0 Å². The molecule has 4 rings (SSSR count). The summed E-state index contributed by atoms with van der Waals surface area (Å²) in [5, 5.41) is 0. The Morgan fingerprint density at radius 3 is 2.00 bits per heavy atom. The number of rotatable bonds is 4. The van der Waals surface area contributed by atoms with Crippen molar-refractivity contribution in [1.82, 2.24) is 0 Å². The minimum absolute atomic E-state index is 0.202. The van der Waals surface area contributed by atoms with Crippen molar-refractivity contribution < 1.29 is 4.39 Å². The third-order valence-corrected chi connectivity index (χ3v) is 6.11. The summed E-state index contributed by atoms with van der Waals surface area (Å²) in [6.45, 7) is 7.87. The van der Waals surface area contributed by atoms with Crippen molar-refractivity contribution in [2.24, 2.45) is 5.92 Å². The monoisotopic (exact) mass is 369 g/mol. The van der Waals surface area contributed by atoms with E-state index in [1.165, 1.54) is 31.2 Å². The summed E-state index contributed by atoms with van der Waals surface area (Å²) >= 11 is 0. The van der Waals surface area contributed by atoms with Crippen LogP contribution in [0.5, 0.6) is 0 Å². The smallest absolute Gasteiger partial charge is 0.159 e. The predicted molar refractivity (Wildman–Crippen MR) is 116 cm³/mol. The Morgan fingerprint density at radius 2 is 1.39 bits per heavy atom. The highest BCUT2D eigenvalue weighted by Gasteiger charge is 2.19. The molecule has 140 valence electrons. The zero-order chi connectivity index (χ0) is 19.5. The average molecular weight is 370 g/mol. The fourth-order valence-corrected chi connectivity index (χ4v) is 4.24. The Kier molecular flexibility index (Phi) is 5.37. The maximum atomic E-state index is 14.8. The molecule has 0 nitrogen and oxygen atoms in total. The molecule has 3 aromatic carbocycles. The first-order valence-electron chi connectivity index (χ1n) is 10.2. The Morgan fingerprint density at radius 1 is 0.786 bits per heavy atom. The highest BCUT2D eigenvalue weighted by atomic mass is 19.1. The van der Waals surface area contributed by atoms with Crippen molar-refractivity contribution in [2.45, 2.75) is 38.5 Å². The van der Waals surface area contributed by atoms with E-state index in [2.05, 4.69) is 31.2 Å². The van der Waals surface area contributed by atoms with Gasteiger partial charge in [0.05, 0.1) is 0 Å². The molecule has 3 aromatic rings. The lowest BCUT2D eigenvalue weighted by molar-refractivity contribution is 0.348. The SMILES string of the molecule is [CH+]=Cc1ccc(-c2ccc(-c3ccc(C4CCC(C)CC4)cc3)cc2F)cc1. The number of hydrogen-bond donors (Lipinski definition) is 0. The molecule has 0 aliphatic heterocycles. The van der Waals surface area contributed by atoms with Crippen LogP contribution < -0.4 is 0 Å². The van der Waals surface area contributed by atoms with Gasteiger partial charge in [0.2, 0.25) is 0 Å². The highest BCUT2D eigenvalue weighted by Crippen LogP contribution is 2.36. The van der Waals surface area contributed by atoms with Crippen LogP contribution in [0.15, 0.2) is 66.7 Å². The maximum Gasteiger partial charge on any atom is 0.159 e. The first-order chi connectivity index (χ1) is 13.6. The van der Waals surface area contributed by atoms with Crippen LogP contribution in [0, 0.1) is 18.3 Å². The second-order valence-electron chi connectivity index (χ2n) is 8.06. The minimum Gasteiger partial charge on any atom is -0.206 e. The highest BCUT2D eigenvalue weighted by molar-refractivity contribution is 5.72. The third-order valence-electron chi connectivity index (χ3n) is 6.11. The van der Waals surface area contributed by atoms with Gasteiger partial charge in [0.1, 0.15) is 11.4 Å². The standard InChI is InChI=1S/C27H26F/c1-3-20-6-10-24(11-7-20)26-17-16-25(18-27(26)28)23-14-12-22(13-15-23)21-8-4-19(2)5-9-21/h1,3,6-7,10-19,21H,4-5,8-9H2,2H3/q+1. The van der Waals surface area contributed by atoms with Crippen molar-refractivity contribution in [3.05, 3.63) is 90.3 Å². The van der Waals surface area contributed by atoms with Crippen molar-refractivity contribution in [3.63, 3.8) is 0 Å². The second kappa shape index (κ2) is 8.09. The van der Waals surface area contributed by atoms with E-state index in [4.69, 9.17) is 6.58 Å². The van der Waals surface area contributed by atoms with Gasteiger partial charge in [-0.3, -0.25) is 0 Å². The predicted octanol–water partition coefficient (Wildman–Crippen LogP) is 7.90. The van der Waals surface area contributed by atoms with Gasteiger partial charge < -0.3 is 0 Å². The van der Waals surface area contributed by atoms with Gasteiger partial charge in [0.25, 0.3) is 0 Å². The summed E-state index contributed by atoms with van der Waals surface area (Å²) in [4.78, 5) is 0. The van der Waals surface area contributed by atoms with Gasteiger partial charge in [-0.2, -0.15) is 0 Å². The lowest BCUT2D eigenvalue weighted by Gasteiger charge is -2.26. The molecule has 0 aromatic heterocycles. The molecule has 0 saturated heterocycles. The van der Waals surface area contributed by atoms with Crippen molar-refractivity contribution >= 4 is 6.08 Å². The van der Waals surface area contributed by atoms with E-state index in [0.29, 0.717) is 11.5 Å². The van der Waals surface area contributed by atoms with Crippen LogP contribution in [0.2, 0.25) is 0 Å². The first kappa shape index (κ1) is 18.6. The Hall–Kier alpha value is -2.76. The van der Waals surface area contributed by atoms with E-state index in [0.717, 1.165) is 28.2 Å². The zero-order valence-electron chi connectivity index (χ0n) is 16.4. The number of benzene rings is 3. The number of halogens is 1. The van der Waals surface area contributed by atoms with Gasteiger partial charge in [0.15, 0.2) is 6.08 Å². The van der Waals surface area contributed by atoms with E-state index >= 15 is 0 Å². The number of hydrogen-bond acceptors (Lipinski definition) is 0. The molecule has 0 radical (unpaired) electrons. The fraction of sp³-hybridized carbons (Fsp3) is 0.259. The van der Waals surface area contributed by atoms with Crippen LogP contribution in [0.4, 0.5) is 4.39 Å². The molecule has 1 saturated carbocycles. The third kappa shape index (κ3) is 3.91. The largest absolute Gasteiger partial charge is 0.206 e. The summed E-state index contributed by atoms with van der Waals surface area (Å²) in [7, 11) is 0. The molecule has 0 heterocycles. The van der Waals surface area contributed by atoms with Gasteiger partial charge in [-0.25, -0.2) is 4.39 Å². The average Bonchev–Trinajstić information content (AvgIpc) is 2.74. The Balaban J connectivity index is 1.54. The van der Waals surface area contributed by atoms with E-state index < -0.39 is 0 Å². The lowest BCUT2D eigenvalue weighted by Crippen LogP contribution is -2.10. The van der Waals surface area contributed by atoms with E-state index in [1.54, 1.807) is 12.1 Å². The van der Waals surface area contributed by atoms with Crippen LogP contribution in [0.3, 0.4) is 0 Å². The van der Waals surface area contributed by atoms with Crippen LogP contribution >= 0.6 is 0 Å². The molecule has 1 fully saturated rings. The van der Waals surface area contributed by atoms with Gasteiger partial charge >= 0.3 is 0 Å². The Labute approximate surface area is 167 Å². The molecule has 0 amide bonds. The molecule has 0 bridgehead atoms. The molecular weight excluding hydrogens is 343 g/mol. The van der Waals surface area contributed by atoms with Crippen LogP contribution in [0.1, 0.15) is 49.7 Å². The van der Waals surface area contributed by atoms with Crippen LogP contribution in [-0.2, 0) is 0 Å². The fourth-order valence-electron chi connectivity index (χ4n) is 4.24. The van der Waals surface area contributed by atoms with E-state index in [9.17, 15) is 4.39 Å². The molecule has 28 heavy (non-hydrogen) atoms. The minimum atomic E-state index is -0.202. The van der Waals surface area contributed by atoms with E-state index in [-0.39, 0.29) is 5.82 Å². The maximum absolute atomic E-state index is 14.8. The lowest BCUT2D eigenvalue weighted by atomic mass is 9.79. The van der Waals surface area contributed by atoms with E-state index in [1.807, 2.05) is 36.4 Å². The summed E-state index contributed by atoms with van der Waals surface area (Å²) in [5.41, 5.74) is 5.79. The van der Waals surface area contributed by atoms with Gasteiger partial charge in [0, 0.05) is 24.3 Å². The van der Waals surface area contributed by atoms with Crippen LogP contribution in [0.25, 0.3) is 28.3 Å². The summed E-state index contributed by atoms with van der Waals surface area (Å²) in [6.07, 6.45) is 6.75. The summed E-state index contributed by atoms with van der Waals surface area (Å²) < 4.78 is 14.8. The molecule has 0 atom stereocenters. The first-order valence-corrected chi connectivity index (χ1v) is 10.2. The summed E-state index contributed by atoms with van der Waals surface area (Å²) in [5.74, 6) is 1.34. The Bertz CT molecular complexity index is 943. The zero-order valence-corrected chi connectivity index (χ0v) is 16.4.